The van der Waals surface area contributed by atoms with E-state index < -0.39 is 4.92 Å². The Bertz CT molecular complexity index is 738. The maximum absolute atomic E-state index is 12.6. The molecule has 7 nitrogen and oxygen atoms in total. The average molecular weight is 330 g/mol. The predicted molar refractivity (Wildman–Crippen MR) is 88.4 cm³/mol. The van der Waals surface area contributed by atoms with Crippen LogP contribution in [0.3, 0.4) is 0 Å². The van der Waals surface area contributed by atoms with Gasteiger partial charge in [0.1, 0.15) is 11.5 Å². The van der Waals surface area contributed by atoms with E-state index in [2.05, 4.69) is 0 Å². The fourth-order valence-corrected chi connectivity index (χ4v) is 2.30. The minimum Gasteiger partial charge on any atom is -0.497 e. The molecule has 2 aromatic carbocycles. The molecule has 126 valence electrons. The van der Waals surface area contributed by atoms with Crippen molar-refractivity contribution in [3.05, 3.63) is 63.7 Å². The second-order valence-corrected chi connectivity index (χ2v) is 5.15. The number of para-hydroxylation sites is 1. The van der Waals surface area contributed by atoms with Crippen LogP contribution in [0.5, 0.6) is 11.5 Å². The van der Waals surface area contributed by atoms with Gasteiger partial charge in [0.2, 0.25) is 0 Å². The van der Waals surface area contributed by atoms with Gasteiger partial charge in [-0.1, -0.05) is 18.2 Å². The van der Waals surface area contributed by atoms with Gasteiger partial charge >= 0.3 is 0 Å². The van der Waals surface area contributed by atoms with E-state index in [0.29, 0.717) is 22.6 Å². The second kappa shape index (κ2) is 7.45. The maximum Gasteiger partial charge on any atom is 0.274 e. The van der Waals surface area contributed by atoms with Crippen LogP contribution in [0.4, 0.5) is 5.69 Å². The molecule has 2 aromatic rings. The van der Waals surface area contributed by atoms with Crippen LogP contribution in [0, 0.1) is 10.1 Å². The van der Waals surface area contributed by atoms with Gasteiger partial charge < -0.3 is 14.4 Å². The van der Waals surface area contributed by atoms with E-state index in [0.717, 1.165) is 0 Å². The van der Waals surface area contributed by atoms with E-state index in [4.69, 9.17) is 9.47 Å². The Kier molecular flexibility index (Phi) is 5.36. The minimum absolute atomic E-state index is 0.0135. The Morgan fingerprint density at radius 1 is 1.12 bits per heavy atom. The third-order valence-corrected chi connectivity index (χ3v) is 3.54. The van der Waals surface area contributed by atoms with Crippen LogP contribution < -0.4 is 9.47 Å². The van der Waals surface area contributed by atoms with Crippen molar-refractivity contribution in [1.82, 2.24) is 4.90 Å². The number of benzene rings is 2. The zero-order valence-electron chi connectivity index (χ0n) is 13.7. The normalized spacial score (nSPS) is 10.1. The van der Waals surface area contributed by atoms with Crippen molar-refractivity contribution in [2.24, 2.45) is 0 Å². The molecule has 0 heterocycles. The molecule has 7 heteroatoms. The molecule has 0 bridgehead atoms. The lowest BCUT2D eigenvalue weighted by atomic mass is 10.1. The number of nitro benzene ring substituents is 1. The first-order valence-corrected chi connectivity index (χ1v) is 7.17. The Morgan fingerprint density at radius 2 is 1.71 bits per heavy atom. The number of hydrogen-bond acceptors (Lipinski definition) is 5. The van der Waals surface area contributed by atoms with Gasteiger partial charge in [0.25, 0.3) is 11.6 Å². The van der Waals surface area contributed by atoms with Gasteiger partial charge in [0, 0.05) is 30.3 Å². The molecule has 0 aliphatic heterocycles. The van der Waals surface area contributed by atoms with E-state index in [1.807, 2.05) is 0 Å². The molecule has 0 unspecified atom stereocenters. The number of ether oxygens (including phenoxy) is 2. The highest BCUT2D eigenvalue weighted by Crippen LogP contribution is 2.24. The Morgan fingerprint density at radius 3 is 2.25 bits per heavy atom. The maximum atomic E-state index is 12.6. The number of methoxy groups -OCH3 is 2. The number of nitro groups is 1. The van der Waals surface area contributed by atoms with E-state index in [-0.39, 0.29) is 18.1 Å². The van der Waals surface area contributed by atoms with Gasteiger partial charge in [-0.2, -0.15) is 0 Å². The lowest BCUT2D eigenvalue weighted by Gasteiger charge is -2.18. The van der Waals surface area contributed by atoms with Crippen molar-refractivity contribution in [3.8, 4) is 11.5 Å². The van der Waals surface area contributed by atoms with E-state index in [1.54, 1.807) is 43.4 Å². The lowest BCUT2D eigenvalue weighted by Crippen LogP contribution is -2.26. The molecule has 1 amide bonds. The summed E-state index contributed by atoms with van der Waals surface area (Å²) in [5.74, 6) is 0.707. The van der Waals surface area contributed by atoms with Gasteiger partial charge in [-0.3, -0.25) is 14.9 Å². The van der Waals surface area contributed by atoms with Crippen molar-refractivity contribution < 1.29 is 19.2 Å². The molecular formula is C17H18N2O5. The van der Waals surface area contributed by atoms with Gasteiger partial charge in [0.05, 0.1) is 25.7 Å². The second-order valence-electron chi connectivity index (χ2n) is 5.15. The molecule has 0 N–H and O–H groups in total. The molecule has 0 atom stereocenters. The number of carbonyl (C=O) groups excluding carboxylic acids is 1. The molecule has 2 rings (SSSR count). The van der Waals surface area contributed by atoms with E-state index in [9.17, 15) is 14.9 Å². The number of amides is 1. The molecule has 0 spiro atoms. The quantitative estimate of drug-likeness (QED) is 0.601. The number of nitrogens with zero attached hydrogens (tertiary/aromatic N) is 2. The smallest absolute Gasteiger partial charge is 0.274 e. The zero-order valence-corrected chi connectivity index (χ0v) is 13.7. The Balaban J connectivity index is 2.26. The van der Waals surface area contributed by atoms with Gasteiger partial charge in [0.15, 0.2) is 0 Å². The summed E-state index contributed by atoms with van der Waals surface area (Å²) in [7, 11) is 4.59. The number of hydrogen-bond donors (Lipinski definition) is 0. The highest BCUT2D eigenvalue weighted by atomic mass is 16.6. The average Bonchev–Trinajstić information content (AvgIpc) is 2.60. The molecule has 0 aliphatic carbocycles. The summed E-state index contributed by atoms with van der Waals surface area (Å²) >= 11 is 0. The molecular weight excluding hydrogens is 312 g/mol. The summed E-state index contributed by atoms with van der Waals surface area (Å²) in [6.45, 7) is 0.121. The van der Waals surface area contributed by atoms with Gasteiger partial charge in [-0.15, -0.1) is 0 Å². The Hall–Kier alpha value is -3.09. The lowest BCUT2D eigenvalue weighted by molar-refractivity contribution is -0.385. The van der Waals surface area contributed by atoms with Crippen LogP contribution in [0.25, 0.3) is 0 Å². The molecule has 0 fully saturated rings. The summed E-state index contributed by atoms with van der Waals surface area (Å²) in [5, 5.41) is 11.1. The molecule has 24 heavy (non-hydrogen) atoms. The van der Waals surface area contributed by atoms with Crippen LogP contribution in [0.2, 0.25) is 0 Å². The largest absolute Gasteiger partial charge is 0.497 e. The summed E-state index contributed by atoms with van der Waals surface area (Å²) in [6.07, 6.45) is 0. The fraction of sp³-hybridized carbons (Fsp3) is 0.235. The highest BCUT2D eigenvalue weighted by Gasteiger charge is 2.19. The van der Waals surface area contributed by atoms with Gasteiger partial charge in [-0.25, -0.2) is 0 Å². The van der Waals surface area contributed by atoms with Crippen molar-refractivity contribution in [1.29, 1.82) is 0 Å². The monoisotopic (exact) mass is 330 g/mol. The standard InChI is InChI=1S/C17H18N2O5/c1-18(11-12-6-4-5-7-16(12)19(21)22)17(20)13-8-14(23-2)10-15(9-13)24-3/h4-10H,11H2,1-3H3. The summed E-state index contributed by atoms with van der Waals surface area (Å²) in [6, 6.07) is 11.2. The van der Waals surface area contributed by atoms with Crippen LogP contribution in [0.15, 0.2) is 42.5 Å². The van der Waals surface area contributed by atoms with Crippen molar-refractivity contribution in [3.63, 3.8) is 0 Å². The van der Waals surface area contributed by atoms with Crippen molar-refractivity contribution in [2.75, 3.05) is 21.3 Å². The van der Waals surface area contributed by atoms with Crippen molar-refractivity contribution in [2.45, 2.75) is 6.54 Å². The summed E-state index contributed by atoms with van der Waals surface area (Å²) < 4.78 is 10.3. The van der Waals surface area contributed by atoms with Crippen LogP contribution in [-0.2, 0) is 6.54 Å². The van der Waals surface area contributed by atoms with Crippen molar-refractivity contribution >= 4 is 11.6 Å². The molecule has 0 aromatic heterocycles. The van der Waals surface area contributed by atoms with E-state index >= 15 is 0 Å². The predicted octanol–water partition coefficient (Wildman–Crippen LogP) is 2.88. The third-order valence-electron chi connectivity index (χ3n) is 3.54. The first-order valence-electron chi connectivity index (χ1n) is 7.17. The van der Waals surface area contributed by atoms with Gasteiger partial charge in [-0.05, 0) is 12.1 Å². The first-order chi connectivity index (χ1) is 11.5. The highest BCUT2D eigenvalue weighted by molar-refractivity contribution is 5.95. The molecule has 0 radical (unpaired) electrons. The van der Waals surface area contributed by atoms with Crippen LogP contribution >= 0.6 is 0 Å². The number of rotatable bonds is 6. The topological polar surface area (TPSA) is 81.9 Å². The van der Waals surface area contributed by atoms with Crippen LogP contribution in [0.1, 0.15) is 15.9 Å². The molecule has 0 saturated heterocycles. The molecule has 0 aliphatic rings. The SMILES string of the molecule is COc1cc(OC)cc(C(=O)N(C)Cc2ccccc2[N+](=O)[O-])c1. The fourth-order valence-electron chi connectivity index (χ4n) is 2.30. The first kappa shape index (κ1) is 17.3. The summed E-state index contributed by atoms with van der Waals surface area (Å²) in [5.41, 5.74) is 0.834. The summed E-state index contributed by atoms with van der Waals surface area (Å²) in [4.78, 5) is 24.6. The van der Waals surface area contributed by atoms with Crippen LogP contribution in [-0.4, -0.2) is 37.0 Å². The zero-order chi connectivity index (χ0) is 17.7. The Labute approximate surface area is 139 Å². The number of carbonyl (C=O) groups is 1. The minimum atomic E-state index is -0.456. The molecule has 0 saturated carbocycles. The van der Waals surface area contributed by atoms with E-state index in [1.165, 1.54) is 25.2 Å². The third kappa shape index (κ3) is 3.81.